The molecule has 1 aromatic carbocycles. The highest BCUT2D eigenvalue weighted by Crippen LogP contribution is 2.22. The molecule has 0 saturated heterocycles. The van der Waals surface area contributed by atoms with Gasteiger partial charge in [-0.1, -0.05) is 36.4 Å². The van der Waals surface area contributed by atoms with E-state index in [9.17, 15) is 4.79 Å². The average Bonchev–Trinajstić information content (AvgIpc) is 2.90. The van der Waals surface area contributed by atoms with Crippen molar-refractivity contribution in [3.63, 3.8) is 0 Å². The van der Waals surface area contributed by atoms with E-state index in [1.807, 2.05) is 41.9 Å². The second-order valence-corrected chi connectivity index (χ2v) is 5.27. The van der Waals surface area contributed by atoms with E-state index in [1.54, 1.807) is 11.3 Å². The van der Waals surface area contributed by atoms with E-state index < -0.39 is 0 Å². The molecule has 18 heavy (non-hydrogen) atoms. The molecule has 4 N–H and O–H groups in total. The lowest BCUT2D eigenvalue weighted by Gasteiger charge is -2.17. The molecule has 1 aromatic heterocycles. The van der Waals surface area contributed by atoms with Gasteiger partial charge in [0.1, 0.15) is 6.04 Å². The molecule has 0 bridgehead atoms. The Morgan fingerprint density at radius 1 is 1.22 bits per heavy atom. The monoisotopic (exact) mass is 261 g/mol. The van der Waals surface area contributed by atoms with Crippen molar-refractivity contribution in [2.45, 2.75) is 19.0 Å². The first-order valence-electron chi connectivity index (χ1n) is 5.91. The largest absolute Gasteiger partial charge is 0.365 e. The number of rotatable bonds is 5. The SMILES string of the molecule is C[C@@H]([NH2+][C@@H](c1ccccc1)c1cccs1)C(N)=O. The molecule has 0 aliphatic carbocycles. The fourth-order valence-corrected chi connectivity index (χ4v) is 2.72. The predicted octanol–water partition coefficient (Wildman–Crippen LogP) is 1.27. The number of carbonyl (C=O) groups is 1. The minimum atomic E-state index is -0.285. The Kier molecular flexibility index (Phi) is 4.12. The molecule has 2 aromatic rings. The van der Waals surface area contributed by atoms with Crippen LogP contribution in [0.3, 0.4) is 0 Å². The van der Waals surface area contributed by atoms with Crippen LogP contribution in [0.5, 0.6) is 0 Å². The zero-order valence-electron chi connectivity index (χ0n) is 10.2. The van der Waals surface area contributed by atoms with Gasteiger partial charge in [-0.25, -0.2) is 0 Å². The van der Waals surface area contributed by atoms with Crippen LogP contribution < -0.4 is 11.1 Å². The molecule has 94 valence electrons. The Labute approximate surface area is 111 Å². The third-order valence-corrected chi connectivity index (χ3v) is 3.89. The smallest absolute Gasteiger partial charge is 0.275 e. The average molecular weight is 261 g/mol. The van der Waals surface area contributed by atoms with Crippen molar-refractivity contribution >= 4 is 17.2 Å². The number of amides is 1. The Morgan fingerprint density at radius 2 is 1.94 bits per heavy atom. The zero-order chi connectivity index (χ0) is 13.0. The number of hydrogen-bond donors (Lipinski definition) is 2. The number of carbonyl (C=O) groups excluding carboxylic acids is 1. The molecule has 1 amide bonds. The molecule has 0 fully saturated rings. The number of nitrogens with two attached hydrogens (primary N) is 2. The van der Waals surface area contributed by atoms with Crippen LogP contribution >= 0.6 is 11.3 Å². The van der Waals surface area contributed by atoms with Crippen LogP contribution in [0.2, 0.25) is 0 Å². The molecule has 0 radical (unpaired) electrons. The van der Waals surface area contributed by atoms with E-state index in [4.69, 9.17) is 5.73 Å². The van der Waals surface area contributed by atoms with Crippen molar-refractivity contribution in [2.75, 3.05) is 0 Å². The van der Waals surface area contributed by atoms with E-state index >= 15 is 0 Å². The maximum Gasteiger partial charge on any atom is 0.275 e. The Bertz CT molecular complexity index is 496. The summed E-state index contributed by atoms with van der Waals surface area (Å²) in [5, 5.41) is 4.07. The molecule has 2 rings (SSSR count). The summed E-state index contributed by atoms with van der Waals surface area (Å²) in [4.78, 5) is 12.5. The van der Waals surface area contributed by atoms with Crippen LogP contribution in [-0.2, 0) is 4.79 Å². The van der Waals surface area contributed by atoms with Gasteiger partial charge in [0.15, 0.2) is 6.04 Å². The number of primary amides is 1. The van der Waals surface area contributed by atoms with Crippen molar-refractivity contribution in [3.05, 3.63) is 58.3 Å². The lowest BCUT2D eigenvalue weighted by molar-refractivity contribution is -0.704. The van der Waals surface area contributed by atoms with Crippen molar-refractivity contribution in [2.24, 2.45) is 5.73 Å². The van der Waals surface area contributed by atoms with Gasteiger partial charge in [0.25, 0.3) is 5.91 Å². The van der Waals surface area contributed by atoms with Gasteiger partial charge in [0.2, 0.25) is 0 Å². The molecule has 2 atom stereocenters. The van der Waals surface area contributed by atoms with Crippen LogP contribution in [0.15, 0.2) is 47.8 Å². The first-order valence-corrected chi connectivity index (χ1v) is 6.79. The molecule has 0 unspecified atom stereocenters. The molecule has 0 aliphatic rings. The van der Waals surface area contributed by atoms with Crippen LogP contribution in [-0.4, -0.2) is 11.9 Å². The van der Waals surface area contributed by atoms with E-state index in [-0.39, 0.29) is 18.0 Å². The van der Waals surface area contributed by atoms with Gasteiger partial charge < -0.3 is 11.1 Å². The van der Waals surface area contributed by atoms with Crippen LogP contribution in [0.1, 0.15) is 23.4 Å². The molecule has 0 saturated carbocycles. The van der Waals surface area contributed by atoms with E-state index in [2.05, 4.69) is 18.2 Å². The quantitative estimate of drug-likeness (QED) is 0.836. The summed E-state index contributed by atoms with van der Waals surface area (Å²) in [7, 11) is 0. The lowest BCUT2D eigenvalue weighted by Crippen LogP contribution is -2.92. The van der Waals surface area contributed by atoms with Gasteiger partial charge in [-0.2, -0.15) is 0 Å². The highest BCUT2D eigenvalue weighted by Gasteiger charge is 2.23. The normalized spacial score (nSPS) is 14.1. The molecular weight excluding hydrogens is 244 g/mol. The molecule has 3 nitrogen and oxygen atoms in total. The minimum absolute atomic E-state index is 0.133. The minimum Gasteiger partial charge on any atom is -0.365 e. The number of thiophene rings is 1. The van der Waals surface area contributed by atoms with Gasteiger partial charge in [-0.05, 0) is 18.4 Å². The summed E-state index contributed by atoms with van der Waals surface area (Å²) >= 11 is 1.70. The van der Waals surface area contributed by atoms with Gasteiger partial charge in [0.05, 0.1) is 4.88 Å². The Morgan fingerprint density at radius 3 is 2.50 bits per heavy atom. The highest BCUT2D eigenvalue weighted by atomic mass is 32.1. The van der Waals surface area contributed by atoms with Crippen molar-refractivity contribution < 1.29 is 10.1 Å². The molecule has 0 aliphatic heterocycles. The second kappa shape index (κ2) is 5.80. The summed E-state index contributed by atoms with van der Waals surface area (Å²) < 4.78 is 0. The van der Waals surface area contributed by atoms with Crippen LogP contribution in [0, 0.1) is 0 Å². The lowest BCUT2D eigenvalue weighted by atomic mass is 10.0. The third kappa shape index (κ3) is 2.97. The van der Waals surface area contributed by atoms with Crippen molar-refractivity contribution in [1.82, 2.24) is 0 Å². The first-order chi connectivity index (χ1) is 8.68. The van der Waals surface area contributed by atoms with Gasteiger partial charge in [0, 0.05) is 5.56 Å². The molecule has 4 heteroatoms. The Hall–Kier alpha value is -1.65. The van der Waals surface area contributed by atoms with E-state index in [0.717, 1.165) is 0 Å². The van der Waals surface area contributed by atoms with Crippen molar-refractivity contribution in [1.29, 1.82) is 0 Å². The van der Waals surface area contributed by atoms with Gasteiger partial charge in [-0.15, -0.1) is 11.3 Å². The van der Waals surface area contributed by atoms with Crippen molar-refractivity contribution in [3.8, 4) is 0 Å². The Balaban J connectivity index is 2.27. The molecule has 1 heterocycles. The number of hydrogen-bond acceptors (Lipinski definition) is 2. The third-order valence-electron chi connectivity index (χ3n) is 2.94. The van der Waals surface area contributed by atoms with Crippen LogP contribution in [0.25, 0.3) is 0 Å². The summed E-state index contributed by atoms with van der Waals surface area (Å²) in [6.45, 7) is 1.84. The summed E-state index contributed by atoms with van der Waals surface area (Å²) in [6, 6.07) is 14.2. The number of quaternary nitrogens is 1. The fraction of sp³-hybridized carbons (Fsp3) is 0.214. The van der Waals surface area contributed by atoms with Crippen LogP contribution in [0.4, 0.5) is 0 Å². The molecule has 0 spiro atoms. The topological polar surface area (TPSA) is 59.7 Å². The highest BCUT2D eigenvalue weighted by molar-refractivity contribution is 7.10. The standard InChI is InChI=1S/C14H16N2OS/c1-10(14(15)17)16-13(12-8-5-9-18-12)11-6-3-2-4-7-11/h2-10,13,16H,1H3,(H2,15,17)/p+1/t10-,13+/m1/s1. The van der Waals surface area contributed by atoms with Gasteiger partial charge >= 0.3 is 0 Å². The fourth-order valence-electron chi connectivity index (χ4n) is 1.88. The summed E-state index contributed by atoms with van der Waals surface area (Å²) in [5.41, 5.74) is 6.54. The zero-order valence-corrected chi connectivity index (χ0v) is 11.1. The van der Waals surface area contributed by atoms with E-state index in [1.165, 1.54) is 10.4 Å². The van der Waals surface area contributed by atoms with E-state index in [0.29, 0.717) is 0 Å². The summed E-state index contributed by atoms with van der Waals surface area (Å²) in [5.74, 6) is -0.285. The maximum atomic E-state index is 11.2. The van der Waals surface area contributed by atoms with Gasteiger partial charge in [-0.3, -0.25) is 4.79 Å². The second-order valence-electron chi connectivity index (χ2n) is 4.29. The number of benzene rings is 1. The predicted molar refractivity (Wildman–Crippen MR) is 73.2 cm³/mol. The maximum absolute atomic E-state index is 11.2. The summed E-state index contributed by atoms with van der Waals surface area (Å²) in [6.07, 6.45) is 0. The molecular formula is C14H17N2OS+. The first kappa shape index (κ1) is 12.8.